The number of nitrogens with one attached hydrogen (secondary N) is 1. The maximum atomic E-state index is 10.8. The average molecular weight is 205 g/mol. The molecule has 0 aromatic rings. The van der Waals surface area contributed by atoms with Crippen molar-refractivity contribution in [1.82, 2.24) is 5.32 Å². The van der Waals surface area contributed by atoms with Crippen molar-refractivity contribution in [2.24, 2.45) is 0 Å². The third-order valence-electron chi connectivity index (χ3n) is 1.92. The van der Waals surface area contributed by atoms with Crippen LogP contribution in [0.2, 0.25) is 0 Å². The number of hydrogen-bond donors (Lipinski definition) is 1. The van der Waals surface area contributed by atoms with E-state index in [-0.39, 0.29) is 5.97 Å². The Kier molecular flexibility index (Phi) is 7.09. The van der Waals surface area contributed by atoms with Crippen molar-refractivity contribution in [2.75, 3.05) is 19.4 Å². The summed E-state index contributed by atoms with van der Waals surface area (Å²) in [6.07, 6.45) is 0. The molecule has 0 aliphatic carbocycles. The molecule has 0 fully saturated rings. The van der Waals surface area contributed by atoms with E-state index in [0.717, 1.165) is 6.54 Å². The lowest BCUT2D eigenvalue weighted by Gasteiger charge is -2.19. The summed E-state index contributed by atoms with van der Waals surface area (Å²) in [5, 5.41) is 3.74. The standard InChI is InChI=1S/C9H19NO2S/c1-5-10-7(2)8(3)13-6-9(11)12-4/h7-8,10H,5-6H2,1-4H3. The molecular weight excluding hydrogens is 186 g/mol. The first-order chi connectivity index (χ1) is 6.11. The van der Waals surface area contributed by atoms with Crippen LogP contribution in [-0.2, 0) is 9.53 Å². The van der Waals surface area contributed by atoms with Crippen LogP contribution in [0.25, 0.3) is 0 Å². The minimum absolute atomic E-state index is 0.152. The lowest BCUT2D eigenvalue weighted by atomic mass is 10.2. The first-order valence-corrected chi connectivity index (χ1v) is 5.58. The third-order valence-corrected chi connectivity index (χ3v) is 3.26. The van der Waals surface area contributed by atoms with Gasteiger partial charge in [0.1, 0.15) is 0 Å². The molecule has 0 saturated carbocycles. The summed E-state index contributed by atoms with van der Waals surface area (Å²) in [6.45, 7) is 7.28. The largest absolute Gasteiger partial charge is 0.468 e. The Labute approximate surface area is 84.6 Å². The predicted octanol–water partition coefficient (Wildman–Crippen LogP) is 1.28. The molecule has 4 heteroatoms. The van der Waals surface area contributed by atoms with Gasteiger partial charge < -0.3 is 10.1 Å². The second-order valence-corrected chi connectivity index (χ2v) is 4.30. The van der Waals surface area contributed by atoms with E-state index < -0.39 is 0 Å². The van der Waals surface area contributed by atoms with Crippen LogP contribution in [0, 0.1) is 0 Å². The van der Waals surface area contributed by atoms with Gasteiger partial charge in [-0.2, -0.15) is 0 Å². The zero-order valence-corrected chi connectivity index (χ0v) is 9.61. The van der Waals surface area contributed by atoms with E-state index in [1.807, 2.05) is 0 Å². The van der Waals surface area contributed by atoms with Crippen molar-refractivity contribution < 1.29 is 9.53 Å². The first-order valence-electron chi connectivity index (χ1n) is 4.53. The topological polar surface area (TPSA) is 38.3 Å². The molecule has 1 N–H and O–H groups in total. The van der Waals surface area contributed by atoms with Crippen LogP contribution in [0.5, 0.6) is 0 Å². The molecule has 0 saturated heterocycles. The Morgan fingerprint density at radius 3 is 2.62 bits per heavy atom. The van der Waals surface area contributed by atoms with Gasteiger partial charge in [-0.1, -0.05) is 13.8 Å². The van der Waals surface area contributed by atoms with E-state index in [1.54, 1.807) is 11.8 Å². The Hall–Kier alpha value is -0.220. The Morgan fingerprint density at radius 1 is 1.54 bits per heavy atom. The zero-order valence-electron chi connectivity index (χ0n) is 8.79. The minimum atomic E-state index is -0.152. The third kappa shape index (κ3) is 5.93. The van der Waals surface area contributed by atoms with Crippen molar-refractivity contribution in [2.45, 2.75) is 32.1 Å². The number of rotatable bonds is 6. The fraction of sp³-hybridized carbons (Fsp3) is 0.889. The SMILES string of the molecule is CCNC(C)C(C)SCC(=O)OC. The van der Waals surface area contributed by atoms with E-state index in [2.05, 4.69) is 30.8 Å². The normalized spacial score (nSPS) is 15.1. The predicted molar refractivity (Wildman–Crippen MR) is 57.1 cm³/mol. The summed E-state index contributed by atoms with van der Waals surface area (Å²) >= 11 is 1.62. The maximum absolute atomic E-state index is 10.8. The quantitative estimate of drug-likeness (QED) is 0.663. The van der Waals surface area contributed by atoms with Crippen LogP contribution in [-0.4, -0.2) is 36.7 Å². The van der Waals surface area contributed by atoms with Crippen molar-refractivity contribution in [3.05, 3.63) is 0 Å². The molecule has 0 amide bonds. The van der Waals surface area contributed by atoms with Gasteiger partial charge in [0.05, 0.1) is 12.9 Å². The van der Waals surface area contributed by atoms with Gasteiger partial charge in [-0.15, -0.1) is 11.8 Å². The highest BCUT2D eigenvalue weighted by Gasteiger charge is 2.12. The van der Waals surface area contributed by atoms with Crippen LogP contribution in [0.1, 0.15) is 20.8 Å². The smallest absolute Gasteiger partial charge is 0.315 e. The van der Waals surface area contributed by atoms with E-state index in [4.69, 9.17) is 0 Å². The molecule has 0 aromatic carbocycles. The lowest BCUT2D eigenvalue weighted by molar-refractivity contribution is -0.137. The Morgan fingerprint density at radius 2 is 2.15 bits per heavy atom. The van der Waals surface area contributed by atoms with Crippen LogP contribution >= 0.6 is 11.8 Å². The van der Waals surface area contributed by atoms with Crippen LogP contribution < -0.4 is 5.32 Å². The minimum Gasteiger partial charge on any atom is -0.468 e. The van der Waals surface area contributed by atoms with Crippen LogP contribution in [0.3, 0.4) is 0 Å². The number of esters is 1. The van der Waals surface area contributed by atoms with E-state index >= 15 is 0 Å². The molecule has 3 nitrogen and oxygen atoms in total. The number of hydrogen-bond acceptors (Lipinski definition) is 4. The Balaban J connectivity index is 3.60. The molecule has 13 heavy (non-hydrogen) atoms. The zero-order chi connectivity index (χ0) is 10.3. The highest BCUT2D eigenvalue weighted by Crippen LogP contribution is 2.13. The van der Waals surface area contributed by atoms with E-state index in [1.165, 1.54) is 7.11 Å². The van der Waals surface area contributed by atoms with Crippen molar-refractivity contribution in [3.8, 4) is 0 Å². The number of methoxy groups -OCH3 is 1. The van der Waals surface area contributed by atoms with Gasteiger partial charge in [0.15, 0.2) is 0 Å². The molecule has 0 spiro atoms. The van der Waals surface area contributed by atoms with Crippen LogP contribution in [0.15, 0.2) is 0 Å². The van der Waals surface area contributed by atoms with Crippen LogP contribution in [0.4, 0.5) is 0 Å². The van der Waals surface area contributed by atoms with Gasteiger partial charge in [-0.25, -0.2) is 0 Å². The summed E-state index contributed by atoms with van der Waals surface area (Å²) in [6, 6.07) is 0.430. The molecule has 2 unspecified atom stereocenters. The summed E-state index contributed by atoms with van der Waals surface area (Å²) < 4.78 is 4.56. The molecule has 2 atom stereocenters. The highest BCUT2D eigenvalue weighted by atomic mass is 32.2. The van der Waals surface area contributed by atoms with Gasteiger partial charge in [0.2, 0.25) is 0 Å². The highest BCUT2D eigenvalue weighted by molar-refractivity contribution is 8.00. The molecule has 78 valence electrons. The number of carbonyl (C=O) groups excluding carboxylic acids is 1. The summed E-state index contributed by atoms with van der Waals surface area (Å²) in [4.78, 5) is 10.8. The van der Waals surface area contributed by atoms with Crippen molar-refractivity contribution >= 4 is 17.7 Å². The van der Waals surface area contributed by atoms with E-state index in [0.29, 0.717) is 17.0 Å². The molecular formula is C9H19NO2S. The molecule has 0 bridgehead atoms. The van der Waals surface area contributed by atoms with Crippen molar-refractivity contribution in [1.29, 1.82) is 0 Å². The first kappa shape index (κ1) is 12.8. The van der Waals surface area contributed by atoms with E-state index in [9.17, 15) is 4.79 Å². The van der Waals surface area contributed by atoms with Gasteiger partial charge in [-0.3, -0.25) is 4.79 Å². The lowest BCUT2D eigenvalue weighted by Crippen LogP contribution is -2.34. The molecule has 0 rings (SSSR count). The number of thioether (sulfide) groups is 1. The number of carbonyl (C=O) groups is 1. The average Bonchev–Trinajstić information content (AvgIpc) is 2.13. The summed E-state index contributed by atoms with van der Waals surface area (Å²) in [5.74, 6) is 0.286. The monoisotopic (exact) mass is 205 g/mol. The van der Waals surface area contributed by atoms with Crippen molar-refractivity contribution in [3.63, 3.8) is 0 Å². The van der Waals surface area contributed by atoms with Gasteiger partial charge in [-0.05, 0) is 13.5 Å². The van der Waals surface area contributed by atoms with Gasteiger partial charge in [0.25, 0.3) is 0 Å². The maximum Gasteiger partial charge on any atom is 0.315 e. The molecule has 0 aromatic heterocycles. The molecule has 0 aliphatic heterocycles. The van der Waals surface area contributed by atoms with Gasteiger partial charge in [0, 0.05) is 11.3 Å². The molecule has 0 radical (unpaired) electrons. The van der Waals surface area contributed by atoms with Gasteiger partial charge >= 0.3 is 5.97 Å². The fourth-order valence-corrected chi connectivity index (χ4v) is 1.79. The second kappa shape index (κ2) is 7.21. The summed E-state index contributed by atoms with van der Waals surface area (Å²) in [7, 11) is 1.42. The Bertz CT molecular complexity index is 153. The second-order valence-electron chi connectivity index (χ2n) is 2.94. The fourth-order valence-electron chi connectivity index (χ4n) is 0.891. The molecule has 0 aliphatic rings. The summed E-state index contributed by atoms with van der Waals surface area (Å²) in [5.41, 5.74) is 0. The number of ether oxygens (including phenoxy) is 1. The molecule has 0 heterocycles.